The number of likely N-dealkylation sites (N-methyl/N-ethyl adjacent to an activating group) is 1. The third-order valence-corrected chi connectivity index (χ3v) is 3.41. The molecule has 0 aliphatic heterocycles. The van der Waals surface area contributed by atoms with E-state index in [9.17, 15) is 0 Å². The van der Waals surface area contributed by atoms with E-state index in [2.05, 4.69) is 55.1 Å². The highest BCUT2D eigenvalue weighted by Gasteiger charge is 2.06. The molecule has 0 aromatic carbocycles. The Balaban J connectivity index is 2.56. The van der Waals surface area contributed by atoms with Gasteiger partial charge in [-0.15, -0.1) is 0 Å². The van der Waals surface area contributed by atoms with Gasteiger partial charge in [-0.1, -0.05) is 44.6 Å². The van der Waals surface area contributed by atoms with Crippen molar-refractivity contribution in [1.29, 1.82) is 0 Å². The van der Waals surface area contributed by atoms with Crippen molar-refractivity contribution in [1.82, 2.24) is 4.90 Å². The molecule has 0 N–H and O–H groups in total. The lowest BCUT2D eigenvalue weighted by atomic mass is 10.0. The molecule has 0 aromatic heterocycles. The molecule has 0 amide bonds. The maximum atomic E-state index is 4.17. The van der Waals surface area contributed by atoms with Crippen molar-refractivity contribution < 1.29 is 0 Å². The molecule has 0 heterocycles. The lowest BCUT2D eigenvalue weighted by Gasteiger charge is -2.19. The summed E-state index contributed by atoms with van der Waals surface area (Å²) in [5, 5.41) is 0. The van der Waals surface area contributed by atoms with Crippen molar-refractivity contribution >= 4 is 6.21 Å². The number of aliphatic imine (C=N–C) groups is 1. The Labute approximate surface area is 118 Å². The lowest BCUT2D eigenvalue weighted by molar-refractivity contribution is 0.399. The molecule has 0 saturated heterocycles. The summed E-state index contributed by atoms with van der Waals surface area (Å²) in [6, 6.07) is 0. The quantitative estimate of drug-likeness (QED) is 0.635. The molecule has 1 rings (SSSR count). The van der Waals surface area contributed by atoms with Crippen LogP contribution in [0.3, 0.4) is 0 Å². The highest BCUT2D eigenvalue weighted by Crippen LogP contribution is 2.12. The van der Waals surface area contributed by atoms with Gasteiger partial charge in [0.2, 0.25) is 0 Å². The monoisotopic (exact) mass is 260 g/mol. The number of hydrogen-bond donors (Lipinski definition) is 0. The van der Waals surface area contributed by atoms with Crippen LogP contribution in [0.25, 0.3) is 0 Å². The van der Waals surface area contributed by atoms with Crippen molar-refractivity contribution in [2.45, 2.75) is 33.1 Å². The Bertz CT molecular complexity index is 375. The second-order valence-electron chi connectivity index (χ2n) is 5.45. The second kappa shape index (κ2) is 8.87. The van der Waals surface area contributed by atoms with Crippen LogP contribution in [0.15, 0.2) is 40.4 Å². The summed E-state index contributed by atoms with van der Waals surface area (Å²) >= 11 is 0. The van der Waals surface area contributed by atoms with Crippen LogP contribution in [0.5, 0.6) is 0 Å². The van der Waals surface area contributed by atoms with Gasteiger partial charge in [-0.05, 0) is 37.0 Å². The van der Waals surface area contributed by atoms with Gasteiger partial charge in [-0.25, -0.2) is 0 Å². The van der Waals surface area contributed by atoms with Gasteiger partial charge in [0.25, 0.3) is 0 Å². The molecule has 0 saturated carbocycles. The smallest absolute Gasteiger partial charge is 0.0277 e. The molecule has 0 bridgehead atoms. The summed E-state index contributed by atoms with van der Waals surface area (Å²) in [4.78, 5) is 6.53. The third kappa shape index (κ3) is 6.53. The van der Waals surface area contributed by atoms with Gasteiger partial charge in [-0.3, -0.25) is 9.89 Å². The molecule has 0 radical (unpaired) electrons. The van der Waals surface area contributed by atoms with E-state index in [0.29, 0.717) is 5.92 Å². The molecule has 1 aliphatic carbocycles. The van der Waals surface area contributed by atoms with Gasteiger partial charge >= 0.3 is 0 Å². The van der Waals surface area contributed by atoms with E-state index in [0.717, 1.165) is 13.1 Å². The van der Waals surface area contributed by atoms with Gasteiger partial charge in [0.15, 0.2) is 0 Å². The molecule has 0 fully saturated rings. The maximum absolute atomic E-state index is 4.17. The van der Waals surface area contributed by atoms with Crippen LogP contribution in [0.4, 0.5) is 0 Å². The van der Waals surface area contributed by atoms with Crippen molar-refractivity contribution in [2.24, 2.45) is 10.9 Å². The molecular weight excluding hydrogens is 232 g/mol. The zero-order chi connectivity index (χ0) is 14.1. The first-order chi connectivity index (χ1) is 9.15. The van der Waals surface area contributed by atoms with E-state index < -0.39 is 0 Å². The largest absolute Gasteiger partial charge is 0.298 e. The van der Waals surface area contributed by atoms with E-state index in [1.807, 2.05) is 13.3 Å². The first-order valence-corrected chi connectivity index (χ1v) is 7.32. The van der Waals surface area contributed by atoms with Crippen molar-refractivity contribution in [3.8, 4) is 0 Å². The molecule has 0 spiro atoms. The van der Waals surface area contributed by atoms with E-state index in [4.69, 9.17) is 0 Å². The molecule has 1 atom stereocenters. The average Bonchev–Trinajstić information content (AvgIpc) is 2.39. The average molecular weight is 260 g/mol. The van der Waals surface area contributed by atoms with Crippen LogP contribution >= 0.6 is 0 Å². The Morgan fingerprint density at radius 2 is 2.26 bits per heavy atom. The molecule has 2 heteroatoms. The summed E-state index contributed by atoms with van der Waals surface area (Å²) in [6.07, 6.45) is 14.8. The summed E-state index contributed by atoms with van der Waals surface area (Å²) in [5.74, 6) is 0.621. The Hall–Kier alpha value is -1.15. The van der Waals surface area contributed by atoms with Gasteiger partial charge < -0.3 is 0 Å². The van der Waals surface area contributed by atoms with Crippen LogP contribution < -0.4 is 0 Å². The van der Waals surface area contributed by atoms with E-state index in [1.165, 1.54) is 30.4 Å². The highest BCUT2D eigenvalue weighted by atomic mass is 15.1. The van der Waals surface area contributed by atoms with Gasteiger partial charge in [0, 0.05) is 26.4 Å². The fourth-order valence-electron chi connectivity index (χ4n) is 2.25. The summed E-state index contributed by atoms with van der Waals surface area (Å²) in [5.41, 5.74) is 2.75. The van der Waals surface area contributed by atoms with Crippen molar-refractivity contribution in [3.05, 3.63) is 35.5 Å². The molecule has 0 aromatic rings. The Morgan fingerprint density at radius 1 is 1.47 bits per heavy atom. The molecule has 1 aliphatic rings. The SMILES string of the molecule is CCC(C)/C=C(\C=NC)CN(C)CC1=CCCC=C1. The number of rotatable bonds is 7. The molecule has 19 heavy (non-hydrogen) atoms. The Morgan fingerprint density at radius 3 is 2.84 bits per heavy atom. The predicted octanol–water partition coefficient (Wildman–Crippen LogP) is 3.87. The molecule has 2 nitrogen and oxygen atoms in total. The standard InChI is InChI=1S/C17H28N2/c1-5-15(2)11-17(12-18-3)14-19(4)13-16-9-7-6-8-10-16/h7,9-12,15H,5-6,8,13-14H2,1-4H3/b17-11+,18-12?. The zero-order valence-corrected chi connectivity index (χ0v) is 12.9. The molecule has 106 valence electrons. The molecular formula is C17H28N2. The second-order valence-corrected chi connectivity index (χ2v) is 5.45. The van der Waals surface area contributed by atoms with Gasteiger partial charge in [0.1, 0.15) is 0 Å². The lowest BCUT2D eigenvalue weighted by Crippen LogP contribution is -2.24. The number of allylic oxidation sites excluding steroid dienone is 3. The fourth-order valence-corrected chi connectivity index (χ4v) is 2.25. The summed E-state index contributed by atoms with van der Waals surface area (Å²) in [7, 11) is 4.02. The van der Waals surface area contributed by atoms with Crippen LogP contribution in [0.1, 0.15) is 33.1 Å². The minimum Gasteiger partial charge on any atom is -0.298 e. The van der Waals surface area contributed by atoms with Gasteiger partial charge in [0.05, 0.1) is 0 Å². The third-order valence-electron chi connectivity index (χ3n) is 3.41. The number of hydrogen-bond acceptors (Lipinski definition) is 2. The van der Waals surface area contributed by atoms with Crippen LogP contribution in [-0.2, 0) is 0 Å². The Kier molecular flexibility index (Phi) is 7.42. The first kappa shape index (κ1) is 15.9. The first-order valence-electron chi connectivity index (χ1n) is 7.32. The van der Waals surface area contributed by atoms with E-state index in [-0.39, 0.29) is 0 Å². The minimum atomic E-state index is 0.621. The highest BCUT2D eigenvalue weighted by molar-refractivity contribution is 5.78. The molecule has 1 unspecified atom stereocenters. The minimum absolute atomic E-state index is 0.621. The normalized spacial score (nSPS) is 18.2. The number of nitrogens with zero attached hydrogens (tertiary/aromatic N) is 2. The van der Waals surface area contributed by atoms with E-state index >= 15 is 0 Å². The van der Waals surface area contributed by atoms with Crippen molar-refractivity contribution in [2.75, 3.05) is 27.2 Å². The fraction of sp³-hybridized carbons (Fsp3) is 0.588. The summed E-state index contributed by atoms with van der Waals surface area (Å²) in [6.45, 7) is 6.47. The predicted molar refractivity (Wildman–Crippen MR) is 85.9 cm³/mol. The topological polar surface area (TPSA) is 15.6 Å². The van der Waals surface area contributed by atoms with Crippen LogP contribution in [0.2, 0.25) is 0 Å². The zero-order valence-electron chi connectivity index (χ0n) is 12.9. The summed E-state index contributed by atoms with van der Waals surface area (Å²) < 4.78 is 0. The van der Waals surface area contributed by atoms with E-state index in [1.54, 1.807) is 0 Å². The van der Waals surface area contributed by atoms with Crippen LogP contribution in [0, 0.1) is 5.92 Å². The van der Waals surface area contributed by atoms with Crippen LogP contribution in [-0.4, -0.2) is 38.3 Å². The van der Waals surface area contributed by atoms with Crippen molar-refractivity contribution in [3.63, 3.8) is 0 Å². The van der Waals surface area contributed by atoms with Gasteiger partial charge in [-0.2, -0.15) is 0 Å². The maximum Gasteiger partial charge on any atom is 0.0277 e.